The Hall–Kier alpha value is -4.32. The van der Waals surface area contributed by atoms with E-state index < -0.39 is 42.3 Å². The number of aromatic hydroxyl groups is 2. The van der Waals surface area contributed by atoms with Crippen LogP contribution in [0.2, 0.25) is 0 Å². The lowest BCUT2D eigenvalue weighted by molar-refractivity contribution is -0.269. The van der Waals surface area contributed by atoms with Gasteiger partial charge in [0.15, 0.2) is 12.3 Å². The van der Waals surface area contributed by atoms with Crippen molar-refractivity contribution in [2.75, 3.05) is 19.7 Å². The quantitative estimate of drug-likeness (QED) is 0.228. The molecule has 2 saturated heterocycles. The average Bonchev–Trinajstić information content (AvgIpc) is 3.05. The van der Waals surface area contributed by atoms with Gasteiger partial charge in [-0.25, -0.2) is 4.79 Å². The van der Waals surface area contributed by atoms with Gasteiger partial charge in [-0.05, 0) is 66.5 Å². The van der Waals surface area contributed by atoms with Gasteiger partial charge in [-0.2, -0.15) is 5.06 Å². The lowest BCUT2D eigenvalue weighted by atomic mass is 9.94. The Balaban J connectivity index is 1.77. The third kappa shape index (κ3) is 9.87. The van der Waals surface area contributed by atoms with Crippen molar-refractivity contribution in [3.8, 4) is 11.5 Å². The number of ether oxygens (including phenoxy) is 1. The smallest absolute Gasteiger partial charge is 0.436 e. The fourth-order valence-corrected chi connectivity index (χ4v) is 6.21. The number of phenols is 2. The second-order valence-electron chi connectivity index (χ2n) is 13.8. The van der Waals surface area contributed by atoms with E-state index in [1.165, 1.54) is 34.1 Å². The Morgan fingerprint density at radius 3 is 2.14 bits per heavy atom. The van der Waals surface area contributed by atoms with Crippen molar-refractivity contribution in [3.05, 3.63) is 59.7 Å². The van der Waals surface area contributed by atoms with Crippen molar-refractivity contribution >= 4 is 23.8 Å². The van der Waals surface area contributed by atoms with Crippen molar-refractivity contribution in [2.45, 2.75) is 104 Å². The molecular formula is C37H52N4O8. The molecule has 2 fully saturated rings. The molecule has 1 unspecified atom stereocenters. The van der Waals surface area contributed by atoms with Crippen molar-refractivity contribution in [2.24, 2.45) is 11.8 Å². The molecule has 2 heterocycles. The molecule has 2 aromatic carbocycles. The first kappa shape index (κ1) is 37.5. The maximum Gasteiger partial charge on any atom is 0.436 e. The zero-order valence-corrected chi connectivity index (χ0v) is 29.3. The number of nitrogens with zero attached hydrogens (tertiary/aromatic N) is 3. The Bertz CT molecular complexity index is 1410. The van der Waals surface area contributed by atoms with Gasteiger partial charge >= 0.3 is 6.09 Å². The normalized spacial score (nSPS) is 20.1. The van der Waals surface area contributed by atoms with Crippen LogP contribution in [0.3, 0.4) is 0 Å². The maximum absolute atomic E-state index is 14.7. The molecule has 12 heteroatoms. The predicted molar refractivity (Wildman–Crippen MR) is 183 cm³/mol. The molecule has 2 aromatic rings. The summed E-state index contributed by atoms with van der Waals surface area (Å²) in [6.45, 7) is 10.4. The Kier molecular flexibility index (Phi) is 13.3. The number of hydrogen-bond acceptors (Lipinski definition) is 8. The summed E-state index contributed by atoms with van der Waals surface area (Å²) in [6, 6.07) is 10.7. The first-order valence-corrected chi connectivity index (χ1v) is 17.5. The molecule has 2 aliphatic rings. The van der Waals surface area contributed by atoms with Gasteiger partial charge < -0.3 is 30.1 Å². The zero-order chi connectivity index (χ0) is 35.7. The third-order valence-corrected chi connectivity index (χ3v) is 8.90. The lowest BCUT2D eigenvalue weighted by Crippen LogP contribution is -2.75. The Morgan fingerprint density at radius 1 is 0.918 bits per heavy atom. The summed E-state index contributed by atoms with van der Waals surface area (Å²) < 4.78 is 5.63. The summed E-state index contributed by atoms with van der Waals surface area (Å²) in [5.74, 6) is -0.706. The van der Waals surface area contributed by atoms with Crippen molar-refractivity contribution in [3.63, 3.8) is 0 Å². The number of carbonyl (C=O) groups is 4. The first-order valence-electron chi connectivity index (χ1n) is 17.5. The highest BCUT2D eigenvalue weighted by molar-refractivity contribution is 5.95. The standard InChI is InChI=1S/C37H52N4O8/c1-6-7-8-19-48-37(47)41-33-23-39(30(34(44)38-18-17-24(2)3)21-26-9-13-28(42)14-10-26)35(45)31(22-27-11-15-29(43)16-12-27)40(33)36(46)32(49-41)20-25(4)5/h9-16,24-25,30-33,42-43H,6-8,17-23H2,1-5H3,(H,38,44)/t30-,31-,32+,33?/m0/s1. The highest BCUT2D eigenvalue weighted by Gasteiger charge is 2.55. The van der Waals surface area contributed by atoms with E-state index in [2.05, 4.69) is 19.2 Å². The molecule has 4 rings (SSSR count). The summed E-state index contributed by atoms with van der Waals surface area (Å²) in [7, 11) is 0. The van der Waals surface area contributed by atoms with E-state index in [1.54, 1.807) is 24.3 Å². The molecule has 0 spiro atoms. The summed E-state index contributed by atoms with van der Waals surface area (Å²) in [5.41, 5.74) is 1.40. The molecule has 4 atom stereocenters. The SMILES string of the molecule is CCCCCOC(=O)N1O[C@H](CC(C)C)C(=O)N2C1CN([C@@H](Cc1ccc(O)cc1)C(=O)NCCC(C)C)C(=O)[C@@H]2Cc1ccc(O)cc1. The van der Waals surface area contributed by atoms with Crippen LogP contribution >= 0.6 is 0 Å². The highest BCUT2D eigenvalue weighted by Crippen LogP contribution is 2.33. The van der Waals surface area contributed by atoms with Crippen LogP contribution in [0.5, 0.6) is 11.5 Å². The van der Waals surface area contributed by atoms with Crippen LogP contribution in [0.4, 0.5) is 4.79 Å². The van der Waals surface area contributed by atoms with Crippen LogP contribution < -0.4 is 5.32 Å². The number of nitrogens with one attached hydrogen (secondary N) is 1. The van der Waals surface area contributed by atoms with Crippen molar-refractivity contribution in [1.82, 2.24) is 20.2 Å². The van der Waals surface area contributed by atoms with Crippen molar-refractivity contribution in [1.29, 1.82) is 0 Å². The van der Waals surface area contributed by atoms with Crippen molar-refractivity contribution < 1.29 is 39.0 Å². The predicted octanol–water partition coefficient (Wildman–Crippen LogP) is 4.77. The number of fused-ring (bicyclic) bond motifs is 1. The monoisotopic (exact) mass is 680 g/mol. The Morgan fingerprint density at radius 2 is 1.55 bits per heavy atom. The van der Waals surface area contributed by atoms with Gasteiger partial charge in [0.05, 0.1) is 13.2 Å². The number of hydrogen-bond donors (Lipinski definition) is 3. The van der Waals surface area contributed by atoms with Gasteiger partial charge in [0.2, 0.25) is 11.8 Å². The summed E-state index contributed by atoms with van der Waals surface area (Å²) in [6.07, 6.45) is 0.886. The molecular weight excluding hydrogens is 628 g/mol. The van der Waals surface area contributed by atoms with Gasteiger partial charge in [-0.1, -0.05) is 71.7 Å². The van der Waals surface area contributed by atoms with Gasteiger partial charge in [0, 0.05) is 19.4 Å². The van der Waals surface area contributed by atoms with E-state index >= 15 is 0 Å². The molecule has 0 bridgehead atoms. The van der Waals surface area contributed by atoms with E-state index in [9.17, 15) is 29.4 Å². The molecule has 49 heavy (non-hydrogen) atoms. The number of unbranched alkanes of at least 4 members (excludes halogenated alkanes) is 2. The van der Waals surface area contributed by atoms with E-state index in [0.717, 1.165) is 24.3 Å². The third-order valence-electron chi connectivity index (χ3n) is 8.90. The van der Waals surface area contributed by atoms with Crippen LogP contribution in [0.25, 0.3) is 0 Å². The van der Waals surface area contributed by atoms with Crippen LogP contribution in [0.1, 0.15) is 77.8 Å². The van der Waals surface area contributed by atoms with Crippen LogP contribution in [-0.4, -0.2) is 92.9 Å². The average molecular weight is 681 g/mol. The molecule has 268 valence electrons. The molecule has 0 aliphatic carbocycles. The van der Waals surface area contributed by atoms with Gasteiger partial charge in [-0.3, -0.25) is 19.2 Å². The fourth-order valence-electron chi connectivity index (χ4n) is 6.21. The van der Waals surface area contributed by atoms with E-state index in [0.29, 0.717) is 36.4 Å². The number of hydroxylamine groups is 2. The Labute approximate surface area is 289 Å². The number of amides is 4. The summed E-state index contributed by atoms with van der Waals surface area (Å²) >= 11 is 0. The molecule has 3 N–H and O–H groups in total. The van der Waals surface area contributed by atoms with E-state index in [1.807, 2.05) is 20.8 Å². The van der Waals surface area contributed by atoms with Crippen LogP contribution in [0.15, 0.2) is 48.5 Å². The number of rotatable bonds is 15. The number of phenolic OH excluding ortho intramolecular Hbond substituents is 2. The fraction of sp³-hybridized carbons (Fsp3) is 0.568. The lowest BCUT2D eigenvalue weighted by Gasteiger charge is -2.53. The minimum absolute atomic E-state index is 0.0460. The van der Waals surface area contributed by atoms with E-state index in [4.69, 9.17) is 9.57 Å². The van der Waals surface area contributed by atoms with Crippen LogP contribution in [0, 0.1) is 11.8 Å². The number of piperazine rings is 1. The minimum Gasteiger partial charge on any atom is -0.508 e. The molecule has 0 aromatic heterocycles. The summed E-state index contributed by atoms with van der Waals surface area (Å²) in [4.78, 5) is 65.6. The molecule has 2 aliphatic heterocycles. The topological polar surface area (TPSA) is 149 Å². The second-order valence-corrected chi connectivity index (χ2v) is 13.8. The van der Waals surface area contributed by atoms with Gasteiger partial charge in [-0.15, -0.1) is 0 Å². The largest absolute Gasteiger partial charge is 0.508 e. The number of benzene rings is 2. The van der Waals surface area contributed by atoms with Gasteiger partial charge in [0.25, 0.3) is 5.91 Å². The minimum atomic E-state index is -1.09. The van der Waals surface area contributed by atoms with Gasteiger partial charge in [0.1, 0.15) is 23.6 Å². The van der Waals surface area contributed by atoms with E-state index in [-0.39, 0.29) is 49.3 Å². The molecule has 0 radical (unpaired) electrons. The first-order chi connectivity index (χ1) is 23.4. The highest BCUT2D eigenvalue weighted by atomic mass is 16.7. The molecule has 0 saturated carbocycles. The molecule has 12 nitrogen and oxygen atoms in total. The number of carbonyl (C=O) groups excluding carboxylic acids is 4. The zero-order valence-electron chi connectivity index (χ0n) is 29.3. The maximum atomic E-state index is 14.7. The second kappa shape index (κ2) is 17.4. The van der Waals surface area contributed by atoms with Crippen LogP contribution in [-0.2, 0) is 36.8 Å². The summed E-state index contributed by atoms with van der Waals surface area (Å²) in [5, 5.41) is 23.9. The molecule has 4 amide bonds.